The number of carboxylic acid groups (broad SMARTS) is 2. The zero-order chi connectivity index (χ0) is 15.6. The molecule has 0 heterocycles. The van der Waals surface area contributed by atoms with Crippen LogP contribution in [-0.4, -0.2) is 22.2 Å². The molecule has 0 unspecified atom stereocenters. The van der Waals surface area contributed by atoms with Crippen LogP contribution in [0, 0.1) is 11.6 Å². The molecule has 2 aromatic rings. The Morgan fingerprint density at radius 1 is 0.810 bits per heavy atom. The third-order valence-electron chi connectivity index (χ3n) is 2.57. The SMILES string of the molecule is O=C(O)c1ccc(F)cc1Sc1ccc(F)cc1C(=O)O. The van der Waals surface area contributed by atoms with E-state index in [0.717, 1.165) is 42.1 Å². The Kier molecular flexibility index (Phi) is 4.23. The maximum absolute atomic E-state index is 13.3. The number of hydrogen-bond donors (Lipinski definition) is 2. The molecule has 0 bridgehead atoms. The molecule has 0 aliphatic rings. The summed E-state index contributed by atoms with van der Waals surface area (Å²) < 4.78 is 26.3. The second-order valence-electron chi connectivity index (χ2n) is 3.99. The highest BCUT2D eigenvalue weighted by atomic mass is 32.2. The minimum atomic E-state index is -1.36. The molecule has 21 heavy (non-hydrogen) atoms. The molecule has 0 amide bonds. The molecule has 4 nitrogen and oxygen atoms in total. The van der Waals surface area contributed by atoms with E-state index in [9.17, 15) is 18.4 Å². The minimum absolute atomic E-state index is 0.0385. The fourth-order valence-electron chi connectivity index (χ4n) is 1.63. The lowest BCUT2D eigenvalue weighted by molar-refractivity contribution is 0.0683. The molecule has 0 saturated heterocycles. The normalized spacial score (nSPS) is 10.4. The second kappa shape index (κ2) is 5.92. The first-order valence-electron chi connectivity index (χ1n) is 5.62. The van der Waals surface area contributed by atoms with Crippen molar-refractivity contribution in [1.82, 2.24) is 0 Å². The van der Waals surface area contributed by atoms with Gasteiger partial charge in [-0.05, 0) is 36.4 Å². The summed E-state index contributed by atoms with van der Waals surface area (Å²) in [6.45, 7) is 0. The highest BCUT2D eigenvalue weighted by Gasteiger charge is 2.17. The monoisotopic (exact) mass is 310 g/mol. The van der Waals surface area contributed by atoms with Crippen molar-refractivity contribution in [3.05, 3.63) is 59.2 Å². The maximum atomic E-state index is 13.3. The summed E-state index contributed by atoms with van der Waals surface area (Å²) in [4.78, 5) is 22.3. The summed E-state index contributed by atoms with van der Waals surface area (Å²) in [6, 6.07) is 6.16. The van der Waals surface area contributed by atoms with Gasteiger partial charge >= 0.3 is 11.9 Å². The Morgan fingerprint density at radius 2 is 1.38 bits per heavy atom. The van der Waals surface area contributed by atoms with Gasteiger partial charge in [-0.1, -0.05) is 11.8 Å². The molecule has 2 N–H and O–H groups in total. The van der Waals surface area contributed by atoms with Gasteiger partial charge in [-0.25, -0.2) is 18.4 Å². The van der Waals surface area contributed by atoms with Crippen LogP contribution in [0.1, 0.15) is 20.7 Å². The van der Waals surface area contributed by atoms with Crippen molar-refractivity contribution >= 4 is 23.7 Å². The minimum Gasteiger partial charge on any atom is -0.478 e. The van der Waals surface area contributed by atoms with Crippen LogP contribution >= 0.6 is 11.8 Å². The molecule has 0 atom stereocenters. The van der Waals surface area contributed by atoms with Crippen LogP contribution in [0.25, 0.3) is 0 Å². The molecular weight excluding hydrogens is 302 g/mol. The van der Waals surface area contributed by atoms with Gasteiger partial charge in [0.1, 0.15) is 11.6 Å². The average molecular weight is 310 g/mol. The van der Waals surface area contributed by atoms with Crippen molar-refractivity contribution in [1.29, 1.82) is 0 Å². The van der Waals surface area contributed by atoms with Gasteiger partial charge in [0.15, 0.2) is 0 Å². The van der Waals surface area contributed by atoms with E-state index in [4.69, 9.17) is 10.2 Å². The van der Waals surface area contributed by atoms with Gasteiger partial charge in [0, 0.05) is 9.79 Å². The molecule has 0 fully saturated rings. The Balaban J connectivity index is 2.50. The number of benzene rings is 2. The lowest BCUT2D eigenvalue weighted by atomic mass is 10.2. The fraction of sp³-hybridized carbons (Fsp3) is 0. The molecule has 0 spiro atoms. The largest absolute Gasteiger partial charge is 0.478 e. The third-order valence-corrected chi connectivity index (χ3v) is 3.70. The number of aromatic carboxylic acids is 2. The van der Waals surface area contributed by atoms with Crippen molar-refractivity contribution in [2.24, 2.45) is 0 Å². The fourth-order valence-corrected chi connectivity index (χ4v) is 2.70. The zero-order valence-electron chi connectivity index (χ0n) is 10.3. The van der Waals surface area contributed by atoms with Crippen LogP contribution in [-0.2, 0) is 0 Å². The van der Waals surface area contributed by atoms with Gasteiger partial charge in [0.2, 0.25) is 0 Å². The maximum Gasteiger partial charge on any atom is 0.336 e. The Hall–Kier alpha value is -2.41. The summed E-state index contributed by atoms with van der Waals surface area (Å²) in [7, 11) is 0. The summed E-state index contributed by atoms with van der Waals surface area (Å²) in [5.74, 6) is -4.00. The number of carboxylic acids is 2. The molecule has 2 rings (SSSR count). The van der Waals surface area contributed by atoms with Crippen molar-refractivity contribution in [3.63, 3.8) is 0 Å². The van der Waals surface area contributed by atoms with Gasteiger partial charge in [-0.15, -0.1) is 0 Å². The molecule has 0 aromatic heterocycles. The summed E-state index contributed by atoms with van der Waals surface area (Å²) in [5.41, 5.74) is -0.484. The van der Waals surface area contributed by atoms with Gasteiger partial charge in [0.05, 0.1) is 11.1 Å². The van der Waals surface area contributed by atoms with Crippen LogP contribution in [0.5, 0.6) is 0 Å². The molecule has 7 heteroatoms. The summed E-state index contributed by atoms with van der Waals surface area (Å²) >= 11 is 0.752. The lowest BCUT2D eigenvalue weighted by Gasteiger charge is -2.08. The molecule has 2 aromatic carbocycles. The van der Waals surface area contributed by atoms with E-state index < -0.39 is 23.6 Å². The number of halogens is 2. The van der Waals surface area contributed by atoms with Crippen LogP contribution in [0.2, 0.25) is 0 Å². The van der Waals surface area contributed by atoms with E-state index in [1.807, 2.05) is 0 Å². The highest BCUT2D eigenvalue weighted by Crippen LogP contribution is 2.33. The van der Waals surface area contributed by atoms with E-state index in [-0.39, 0.29) is 20.9 Å². The first kappa shape index (κ1) is 15.0. The average Bonchev–Trinajstić information content (AvgIpc) is 2.40. The van der Waals surface area contributed by atoms with Crippen molar-refractivity contribution < 1.29 is 28.6 Å². The van der Waals surface area contributed by atoms with E-state index >= 15 is 0 Å². The summed E-state index contributed by atoms with van der Waals surface area (Å²) in [5, 5.41) is 18.1. The van der Waals surface area contributed by atoms with E-state index in [0.29, 0.717) is 0 Å². The molecule has 0 aliphatic heterocycles. The highest BCUT2D eigenvalue weighted by molar-refractivity contribution is 7.99. The Labute approximate surface area is 122 Å². The van der Waals surface area contributed by atoms with Crippen molar-refractivity contribution in [2.75, 3.05) is 0 Å². The Morgan fingerprint density at radius 3 is 2.00 bits per heavy atom. The standard InChI is InChI=1S/C14H8F2O4S/c15-7-2-4-11(10(5-7)14(19)20)21-12-6-8(16)1-3-9(12)13(17)18/h1-6H,(H,17,18)(H,19,20). The smallest absolute Gasteiger partial charge is 0.336 e. The number of rotatable bonds is 4. The van der Waals surface area contributed by atoms with Crippen molar-refractivity contribution in [3.8, 4) is 0 Å². The number of carbonyl (C=O) groups is 2. The zero-order valence-corrected chi connectivity index (χ0v) is 11.2. The van der Waals surface area contributed by atoms with Crippen LogP contribution < -0.4 is 0 Å². The predicted molar refractivity (Wildman–Crippen MR) is 70.8 cm³/mol. The Bertz CT molecular complexity index is 731. The van der Waals surface area contributed by atoms with E-state index in [1.54, 1.807) is 0 Å². The summed E-state index contributed by atoms with van der Waals surface area (Å²) in [6.07, 6.45) is 0. The first-order valence-corrected chi connectivity index (χ1v) is 6.43. The second-order valence-corrected chi connectivity index (χ2v) is 5.08. The van der Waals surface area contributed by atoms with Crippen LogP contribution in [0.3, 0.4) is 0 Å². The topological polar surface area (TPSA) is 74.6 Å². The first-order chi connectivity index (χ1) is 9.88. The quantitative estimate of drug-likeness (QED) is 0.904. The lowest BCUT2D eigenvalue weighted by Crippen LogP contribution is -2.02. The molecule has 0 radical (unpaired) electrons. The predicted octanol–water partition coefficient (Wildman–Crippen LogP) is 3.51. The van der Waals surface area contributed by atoms with Gasteiger partial charge in [0.25, 0.3) is 0 Å². The van der Waals surface area contributed by atoms with Crippen LogP contribution in [0.4, 0.5) is 8.78 Å². The van der Waals surface area contributed by atoms with E-state index in [1.165, 1.54) is 6.07 Å². The molecule has 0 saturated carbocycles. The molecule has 0 aliphatic carbocycles. The van der Waals surface area contributed by atoms with Gasteiger partial charge in [-0.2, -0.15) is 0 Å². The van der Waals surface area contributed by atoms with Crippen LogP contribution in [0.15, 0.2) is 46.2 Å². The molecular formula is C14H8F2O4S. The molecule has 108 valence electrons. The van der Waals surface area contributed by atoms with Gasteiger partial charge in [-0.3, -0.25) is 0 Å². The van der Waals surface area contributed by atoms with Gasteiger partial charge < -0.3 is 10.2 Å². The van der Waals surface area contributed by atoms with Crippen molar-refractivity contribution in [2.45, 2.75) is 9.79 Å². The van der Waals surface area contributed by atoms with E-state index in [2.05, 4.69) is 0 Å². The number of hydrogen-bond acceptors (Lipinski definition) is 3. The third kappa shape index (κ3) is 3.38.